The van der Waals surface area contributed by atoms with Crippen molar-refractivity contribution < 1.29 is 0 Å². The number of hydrogen-bond acceptors (Lipinski definition) is 5. The summed E-state index contributed by atoms with van der Waals surface area (Å²) in [6.45, 7) is 5.83. The van der Waals surface area contributed by atoms with E-state index in [1.54, 1.807) is 12.1 Å². The van der Waals surface area contributed by atoms with Crippen molar-refractivity contribution in [1.29, 1.82) is 5.26 Å². The first-order valence-electron chi connectivity index (χ1n) is 10.4. The molecule has 2 aromatic heterocycles. The molecule has 0 spiro atoms. The molecule has 2 N–H and O–H groups in total. The predicted octanol–water partition coefficient (Wildman–Crippen LogP) is 5.61. The number of nitriles is 1. The zero-order valence-corrected chi connectivity index (χ0v) is 20.2. The largest absolute Gasteiger partial charge is 0.369 e. The number of halogens is 3. The van der Waals surface area contributed by atoms with Crippen LogP contribution in [0.3, 0.4) is 0 Å². The zero-order chi connectivity index (χ0) is 22.2. The van der Waals surface area contributed by atoms with Crippen LogP contribution in [0.1, 0.15) is 11.3 Å². The van der Waals surface area contributed by atoms with Crippen molar-refractivity contribution in [3.8, 4) is 28.5 Å². The van der Waals surface area contributed by atoms with Gasteiger partial charge in [-0.25, -0.2) is 4.98 Å². The molecule has 33 heavy (non-hydrogen) atoms. The number of H-pyrrole nitrogens is 1. The molecule has 9 heteroatoms. The molecule has 0 saturated carbocycles. The Hall–Kier alpha value is -2.82. The first-order valence-corrected chi connectivity index (χ1v) is 11.1. The SMILES string of the molecule is Cc1[nH]nc2nc(-c3cccc(Cl)c3Cl)c(C#N)c(-c3ccc(N4CCNCC4)cc3)c12.Cl. The smallest absolute Gasteiger partial charge is 0.182 e. The van der Waals surface area contributed by atoms with Gasteiger partial charge in [-0.05, 0) is 30.7 Å². The molecular formula is C24H21Cl3N6. The molecule has 0 unspecified atom stereocenters. The number of aromatic nitrogens is 3. The minimum absolute atomic E-state index is 0. The van der Waals surface area contributed by atoms with E-state index in [-0.39, 0.29) is 12.4 Å². The minimum Gasteiger partial charge on any atom is -0.369 e. The van der Waals surface area contributed by atoms with Gasteiger partial charge in [-0.1, -0.05) is 47.5 Å². The third-order valence-corrected chi connectivity index (χ3v) is 6.66. The Kier molecular flexibility index (Phi) is 6.78. The number of fused-ring (bicyclic) bond motifs is 1. The first kappa shape index (κ1) is 23.3. The maximum atomic E-state index is 10.2. The normalized spacial score (nSPS) is 13.6. The van der Waals surface area contributed by atoms with Crippen molar-refractivity contribution in [2.75, 3.05) is 31.1 Å². The van der Waals surface area contributed by atoms with Crippen LogP contribution in [-0.4, -0.2) is 41.4 Å². The van der Waals surface area contributed by atoms with Gasteiger partial charge >= 0.3 is 0 Å². The summed E-state index contributed by atoms with van der Waals surface area (Å²) < 4.78 is 0. The van der Waals surface area contributed by atoms with Crippen molar-refractivity contribution in [3.05, 3.63) is 63.8 Å². The third kappa shape index (κ3) is 4.14. The van der Waals surface area contributed by atoms with E-state index in [0.29, 0.717) is 32.5 Å². The molecule has 2 aromatic carbocycles. The molecule has 168 valence electrons. The van der Waals surface area contributed by atoms with E-state index < -0.39 is 0 Å². The first-order chi connectivity index (χ1) is 15.6. The van der Waals surface area contributed by atoms with E-state index in [4.69, 9.17) is 28.2 Å². The molecular weight excluding hydrogens is 479 g/mol. The number of aryl methyl sites for hydroxylation is 1. The standard InChI is InChI=1S/C24H20Cl2N6.ClH/c1-14-20-21(15-5-7-16(8-6-15)32-11-9-28-10-12-32)18(13-27)23(29-24(20)31-30-14)17-3-2-4-19(25)22(17)26;/h2-8,28H,9-12H2,1H3,(H,29,30,31);1H. The lowest BCUT2D eigenvalue weighted by molar-refractivity contribution is 0.589. The molecule has 0 aliphatic carbocycles. The number of piperazine rings is 1. The van der Waals surface area contributed by atoms with E-state index in [1.807, 2.05) is 13.0 Å². The summed E-state index contributed by atoms with van der Waals surface area (Å²) in [7, 11) is 0. The van der Waals surface area contributed by atoms with Crippen LogP contribution in [0.5, 0.6) is 0 Å². The van der Waals surface area contributed by atoms with Gasteiger partial charge in [0.1, 0.15) is 6.07 Å². The van der Waals surface area contributed by atoms with Crippen LogP contribution in [0.2, 0.25) is 10.0 Å². The quantitative estimate of drug-likeness (QED) is 0.383. The number of aromatic amines is 1. The number of anilines is 1. The van der Waals surface area contributed by atoms with E-state index in [9.17, 15) is 5.26 Å². The Bertz CT molecular complexity index is 1350. The Morgan fingerprint density at radius 2 is 1.79 bits per heavy atom. The maximum Gasteiger partial charge on any atom is 0.182 e. The minimum atomic E-state index is 0. The summed E-state index contributed by atoms with van der Waals surface area (Å²) in [6, 6.07) is 16.0. The molecule has 0 atom stereocenters. The van der Waals surface area contributed by atoms with Gasteiger partial charge in [0.15, 0.2) is 5.65 Å². The molecule has 1 saturated heterocycles. The Balaban J connectivity index is 0.00000259. The predicted molar refractivity (Wildman–Crippen MR) is 137 cm³/mol. The van der Waals surface area contributed by atoms with E-state index >= 15 is 0 Å². The highest BCUT2D eigenvalue weighted by atomic mass is 35.5. The van der Waals surface area contributed by atoms with Gasteiger partial charge in [-0.2, -0.15) is 10.4 Å². The van der Waals surface area contributed by atoms with Crippen LogP contribution in [-0.2, 0) is 0 Å². The fourth-order valence-corrected chi connectivity index (χ4v) is 4.63. The monoisotopic (exact) mass is 498 g/mol. The summed E-state index contributed by atoms with van der Waals surface area (Å²) in [5.41, 5.74) is 5.81. The Morgan fingerprint density at radius 1 is 1.06 bits per heavy atom. The lowest BCUT2D eigenvalue weighted by Gasteiger charge is -2.29. The highest BCUT2D eigenvalue weighted by molar-refractivity contribution is 6.43. The molecule has 3 heterocycles. The molecule has 1 aliphatic rings. The topological polar surface area (TPSA) is 80.6 Å². The molecule has 0 bridgehead atoms. The average Bonchev–Trinajstić information content (AvgIpc) is 3.20. The number of nitrogens with zero attached hydrogens (tertiary/aromatic N) is 4. The number of pyridine rings is 1. The summed E-state index contributed by atoms with van der Waals surface area (Å²) >= 11 is 12.8. The van der Waals surface area contributed by atoms with E-state index in [2.05, 4.69) is 50.7 Å². The van der Waals surface area contributed by atoms with Crippen LogP contribution in [0, 0.1) is 18.3 Å². The second kappa shape index (κ2) is 9.58. The lowest BCUT2D eigenvalue weighted by atomic mass is 9.93. The number of hydrogen-bond donors (Lipinski definition) is 2. The van der Waals surface area contributed by atoms with Crippen LogP contribution in [0.15, 0.2) is 42.5 Å². The number of benzene rings is 2. The van der Waals surface area contributed by atoms with Crippen LogP contribution in [0.25, 0.3) is 33.4 Å². The van der Waals surface area contributed by atoms with Crippen LogP contribution < -0.4 is 10.2 Å². The van der Waals surface area contributed by atoms with Crippen molar-refractivity contribution in [1.82, 2.24) is 20.5 Å². The second-order valence-corrected chi connectivity index (χ2v) is 8.54. The highest BCUT2D eigenvalue weighted by Crippen LogP contribution is 2.41. The zero-order valence-electron chi connectivity index (χ0n) is 17.8. The molecule has 4 aromatic rings. The molecule has 1 fully saturated rings. The third-order valence-electron chi connectivity index (χ3n) is 5.84. The molecule has 0 amide bonds. The van der Waals surface area contributed by atoms with Gasteiger partial charge in [-0.3, -0.25) is 5.10 Å². The van der Waals surface area contributed by atoms with Gasteiger partial charge in [0, 0.05) is 48.7 Å². The summed E-state index contributed by atoms with van der Waals surface area (Å²) in [4.78, 5) is 7.05. The van der Waals surface area contributed by atoms with Gasteiger partial charge in [0.05, 0.1) is 26.7 Å². The van der Waals surface area contributed by atoms with E-state index in [1.165, 1.54) is 5.69 Å². The fourth-order valence-electron chi connectivity index (χ4n) is 4.24. The molecule has 6 nitrogen and oxygen atoms in total. The fraction of sp³-hybridized carbons (Fsp3) is 0.208. The summed E-state index contributed by atoms with van der Waals surface area (Å²) in [5, 5.41) is 22.6. The van der Waals surface area contributed by atoms with Crippen molar-refractivity contribution in [2.24, 2.45) is 0 Å². The van der Waals surface area contributed by atoms with Crippen molar-refractivity contribution in [2.45, 2.75) is 6.92 Å². The Morgan fingerprint density at radius 3 is 2.48 bits per heavy atom. The summed E-state index contributed by atoms with van der Waals surface area (Å²) in [6.07, 6.45) is 0. The van der Waals surface area contributed by atoms with Crippen molar-refractivity contribution in [3.63, 3.8) is 0 Å². The van der Waals surface area contributed by atoms with Gasteiger partial charge in [0.25, 0.3) is 0 Å². The van der Waals surface area contributed by atoms with Gasteiger partial charge in [0.2, 0.25) is 0 Å². The van der Waals surface area contributed by atoms with E-state index in [0.717, 1.165) is 48.4 Å². The second-order valence-electron chi connectivity index (χ2n) is 7.75. The van der Waals surface area contributed by atoms with Crippen LogP contribution in [0.4, 0.5) is 5.69 Å². The number of rotatable bonds is 3. The maximum absolute atomic E-state index is 10.2. The Labute approximate surface area is 207 Å². The van der Waals surface area contributed by atoms with Gasteiger partial charge in [-0.15, -0.1) is 12.4 Å². The lowest BCUT2D eigenvalue weighted by Crippen LogP contribution is -2.43. The highest BCUT2D eigenvalue weighted by Gasteiger charge is 2.23. The van der Waals surface area contributed by atoms with Crippen LogP contribution >= 0.6 is 35.6 Å². The van der Waals surface area contributed by atoms with Gasteiger partial charge < -0.3 is 10.2 Å². The van der Waals surface area contributed by atoms with Crippen molar-refractivity contribution >= 4 is 52.3 Å². The summed E-state index contributed by atoms with van der Waals surface area (Å²) in [5.74, 6) is 0. The number of nitrogens with one attached hydrogen (secondary N) is 2. The molecule has 5 rings (SSSR count). The molecule has 1 aliphatic heterocycles. The average molecular weight is 500 g/mol. The molecule has 0 radical (unpaired) electrons.